The molecule has 7 aromatic rings. The van der Waals surface area contributed by atoms with Gasteiger partial charge in [0.2, 0.25) is 30.1 Å². The number of fused-ring (bicyclic) bond motifs is 20. The van der Waals surface area contributed by atoms with E-state index in [2.05, 4.69) is 19.9 Å². The largest absolute Gasteiger partial charge is 0.324 e. The van der Waals surface area contributed by atoms with E-state index in [1.807, 2.05) is 24.3 Å². The predicted octanol–water partition coefficient (Wildman–Crippen LogP) is 2.81. The Balaban J connectivity index is 0.00000400. The van der Waals surface area contributed by atoms with Crippen LogP contribution in [0.15, 0.2) is 93.5 Å². The average Bonchev–Trinajstić information content (AvgIpc) is 3.82. The fraction of sp³-hybridized carbons (Fsp3) is 0. The Morgan fingerprint density at radius 2 is 0.792 bits per heavy atom. The van der Waals surface area contributed by atoms with Gasteiger partial charge < -0.3 is 9.97 Å². The number of aromatic nitrogens is 8. The number of rotatable bonds is 3. The van der Waals surface area contributed by atoms with Crippen molar-refractivity contribution in [3.8, 4) is 45.6 Å². The third-order valence-corrected chi connectivity index (χ3v) is 11.8. The minimum atomic E-state index is -5.12. The van der Waals surface area contributed by atoms with Gasteiger partial charge in [0.05, 0.1) is 0 Å². The van der Waals surface area contributed by atoms with E-state index in [1.165, 1.54) is 0 Å². The van der Waals surface area contributed by atoms with Gasteiger partial charge in [-0.25, -0.2) is 70.6 Å². The van der Waals surface area contributed by atoms with Crippen LogP contribution in [0, 0.1) is 0 Å². The monoisotopic (exact) mass is 814 g/mol. The Bertz CT molecular complexity index is 3300. The van der Waals surface area contributed by atoms with Crippen LogP contribution in [0.2, 0.25) is 0 Å². The van der Waals surface area contributed by atoms with Crippen molar-refractivity contribution < 1.29 is 42.3 Å². The van der Waals surface area contributed by atoms with Gasteiger partial charge >= 0.3 is 0 Å². The molecule has 0 spiro atoms. The molecule has 8 bridgehead atoms. The number of hydrogen-bond acceptors (Lipinski definition) is 12. The summed E-state index contributed by atoms with van der Waals surface area (Å²) < 4.78 is 78.4. The minimum absolute atomic E-state index is 0. The van der Waals surface area contributed by atoms with E-state index in [0.29, 0.717) is 33.5 Å². The molecule has 0 amide bonds. The van der Waals surface area contributed by atoms with Gasteiger partial charge in [0, 0.05) is 60.9 Å². The second-order valence-corrected chi connectivity index (χ2v) is 16.4. The Kier molecular flexibility index (Phi) is 7.66. The van der Waals surface area contributed by atoms with Crippen molar-refractivity contribution in [2.24, 2.45) is 15.4 Å². The maximum atomic E-state index is 13.3. The molecule has 17 nitrogen and oxygen atoms in total. The van der Waals surface area contributed by atoms with Crippen molar-refractivity contribution in [1.82, 2.24) is 39.9 Å². The van der Waals surface area contributed by atoms with E-state index in [1.54, 1.807) is 48.5 Å². The van der Waals surface area contributed by atoms with Crippen LogP contribution in [0.5, 0.6) is 0 Å². The van der Waals surface area contributed by atoms with Crippen LogP contribution < -0.4 is 15.4 Å². The van der Waals surface area contributed by atoms with Crippen LogP contribution in [-0.2, 0) is 47.1 Å². The maximum Gasteiger partial charge on any atom is 0.240 e. The first-order chi connectivity index (χ1) is 24.7. The van der Waals surface area contributed by atoms with Crippen LogP contribution in [0.25, 0.3) is 89.7 Å². The molecule has 2 aliphatic rings. The van der Waals surface area contributed by atoms with Crippen molar-refractivity contribution in [3.05, 3.63) is 78.9 Å². The molecule has 0 unspecified atom stereocenters. The van der Waals surface area contributed by atoms with Gasteiger partial charge in [0.1, 0.15) is 37.3 Å². The van der Waals surface area contributed by atoms with Gasteiger partial charge in [-0.3, -0.25) is 0 Å². The van der Waals surface area contributed by atoms with Gasteiger partial charge in [-0.2, -0.15) is 0 Å². The zero-order valence-corrected chi connectivity index (χ0v) is 29.8. The summed E-state index contributed by atoms with van der Waals surface area (Å²) in [6.45, 7) is 0. The van der Waals surface area contributed by atoms with Crippen LogP contribution in [-0.4, -0.2) is 65.1 Å². The van der Waals surface area contributed by atoms with Gasteiger partial charge in [-0.1, -0.05) is 72.8 Å². The van der Waals surface area contributed by atoms with Crippen LogP contribution in [0.4, 0.5) is 0 Å². The molecule has 9 rings (SSSR count). The number of hydrogen-bond donors (Lipinski definition) is 5. The fourth-order valence-electron chi connectivity index (χ4n) is 6.48. The smallest absolute Gasteiger partial charge is 0.240 e. The first kappa shape index (κ1) is 34.6. The molecule has 0 atom stereocenters. The van der Waals surface area contributed by atoms with Crippen molar-refractivity contribution in [2.45, 2.75) is 14.7 Å². The molecule has 1 radical (unpaired) electrons. The molecule has 0 saturated carbocycles. The van der Waals surface area contributed by atoms with Gasteiger partial charge in [-0.15, -0.1) is 0 Å². The minimum Gasteiger partial charge on any atom is -0.324 e. The second kappa shape index (κ2) is 11.7. The SMILES string of the molecule is NS(=O)(=O)c1cc2c3nc4nc(nc5[nH]c(nc6nc(nc([nH]3)c2c(S(N)(=O)=O)c1S(N)(=O)=O)-c1ccccc1-6)c1ccccc51)-c1ccccc1-4.[Cu]. The summed E-state index contributed by atoms with van der Waals surface area (Å²) in [7, 11) is -15.2. The van der Waals surface area contributed by atoms with Crippen molar-refractivity contribution >= 4 is 74.2 Å². The number of aromatic amines is 2. The topological polar surface area (TPSA) is 289 Å². The van der Waals surface area contributed by atoms with Crippen molar-refractivity contribution in [1.29, 1.82) is 0 Å². The summed E-state index contributed by atoms with van der Waals surface area (Å²) in [5, 5.41) is 17.4. The number of nitrogens with one attached hydrogen (secondary N) is 2. The summed E-state index contributed by atoms with van der Waals surface area (Å²) in [4.78, 5) is 31.1. The summed E-state index contributed by atoms with van der Waals surface area (Å²) in [6, 6.07) is 22.4. The molecule has 0 aliphatic carbocycles. The van der Waals surface area contributed by atoms with E-state index in [0.717, 1.165) is 16.8 Å². The molecule has 269 valence electrons. The first-order valence-electron chi connectivity index (χ1n) is 15.1. The number of primary sulfonamides is 3. The molecule has 0 fully saturated rings. The van der Waals surface area contributed by atoms with E-state index in [4.69, 9.17) is 35.4 Å². The van der Waals surface area contributed by atoms with Crippen LogP contribution in [0.1, 0.15) is 0 Å². The van der Waals surface area contributed by atoms with E-state index >= 15 is 0 Å². The molecular weight excluding hydrogens is 794 g/mol. The molecule has 2 aliphatic heterocycles. The molecule has 0 saturated heterocycles. The van der Waals surface area contributed by atoms with Crippen LogP contribution >= 0.6 is 0 Å². The second-order valence-electron chi connectivity index (χ2n) is 11.8. The molecule has 53 heavy (non-hydrogen) atoms. The third-order valence-electron chi connectivity index (χ3n) is 8.59. The molecule has 21 heteroatoms. The zero-order chi connectivity index (χ0) is 36.3. The number of nitrogens with two attached hydrogens (primary N) is 3. The van der Waals surface area contributed by atoms with E-state index in [9.17, 15) is 25.3 Å². The number of sulfonamides is 3. The normalized spacial score (nSPS) is 12.7. The van der Waals surface area contributed by atoms with Gasteiger partial charge in [0.25, 0.3) is 0 Å². The first-order valence-corrected chi connectivity index (χ1v) is 19.7. The summed E-state index contributed by atoms with van der Waals surface area (Å²) in [5.41, 5.74) is 2.63. The number of nitrogens with zero attached hydrogens (tertiary/aromatic N) is 6. The summed E-state index contributed by atoms with van der Waals surface area (Å²) >= 11 is 0. The Labute approximate surface area is 309 Å². The third kappa shape index (κ3) is 5.49. The van der Waals surface area contributed by atoms with E-state index < -0.39 is 50.1 Å². The summed E-state index contributed by atoms with van der Waals surface area (Å²) in [5.74, 6) is 0.658. The Morgan fingerprint density at radius 1 is 0.434 bits per heavy atom. The fourth-order valence-corrected chi connectivity index (χ4v) is 10.1. The number of benzene rings is 4. The predicted molar refractivity (Wildman–Crippen MR) is 190 cm³/mol. The quantitative estimate of drug-likeness (QED) is 0.161. The van der Waals surface area contributed by atoms with Gasteiger partial charge in [-0.05, 0) is 6.07 Å². The van der Waals surface area contributed by atoms with Crippen molar-refractivity contribution in [3.63, 3.8) is 0 Å². The molecule has 5 heterocycles. The molecule has 8 N–H and O–H groups in total. The maximum absolute atomic E-state index is 13.3. The standard InChI is InChI=1S/C32H21N11O6S3.Cu/c33-50(44,45)21-13-20-22(24(52(35,48)49)23(21)51(34,46)47)32-42-30-19-12-6-5-11-18(19)28(40-30)38-26-15-8-2-1-7-14(15)25(36-26)37-27-16-9-3-4-10-17(16)29(39-27)41-31(20)43-32;/h1-13H,(H2,33,44,45)(H2,34,46,47)(H2,35,48,49)(H2,36,37,38,39,40,41,42,43);. The molecule has 4 aromatic carbocycles. The summed E-state index contributed by atoms with van der Waals surface area (Å²) in [6.07, 6.45) is 0. The van der Waals surface area contributed by atoms with E-state index in [-0.39, 0.29) is 57.0 Å². The average molecular weight is 815 g/mol. The van der Waals surface area contributed by atoms with Gasteiger partial charge in [0.15, 0.2) is 23.3 Å². The zero-order valence-electron chi connectivity index (χ0n) is 26.4. The van der Waals surface area contributed by atoms with Crippen molar-refractivity contribution in [2.75, 3.05) is 0 Å². The number of H-pyrrole nitrogens is 2. The Morgan fingerprint density at radius 3 is 1.19 bits per heavy atom. The molecule has 3 aromatic heterocycles. The molecular formula is C32H21CuN11O6S3. The Hall–Kier alpha value is -5.51. The van der Waals surface area contributed by atoms with Crippen LogP contribution in [0.3, 0.4) is 0 Å².